The number of benzene rings is 3. The van der Waals surface area contributed by atoms with Crippen LogP contribution in [-0.4, -0.2) is 20.6 Å². The van der Waals surface area contributed by atoms with Gasteiger partial charge in [-0.05, 0) is 65.3 Å². The van der Waals surface area contributed by atoms with Crippen LogP contribution < -0.4 is 5.32 Å². The van der Waals surface area contributed by atoms with Gasteiger partial charge in [-0.15, -0.1) is 0 Å². The standard InChI is InChI=1S/C22H16Br2ClN3O2S/c1-2-28-18-6-4-3-5-17(18)27-22(28)31-19-8-7-13(11-16(19)25)26-21(30)14-9-12(23)10-15(24)20(14)29/h3-11,29H,2H2,1H3,(H,26,30). The maximum atomic E-state index is 12.6. The summed E-state index contributed by atoms with van der Waals surface area (Å²) in [5.41, 5.74) is 2.69. The lowest BCUT2D eigenvalue weighted by Crippen LogP contribution is -2.12. The summed E-state index contributed by atoms with van der Waals surface area (Å²) in [6, 6.07) is 16.5. The van der Waals surface area contributed by atoms with Gasteiger partial charge in [-0.2, -0.15) is 0 Å². The van der Waals surface area contributed by atoms with Crippen molar-refractivity contribution in [2.75, 3.05) is 5.32 Å². The molecule has 2 N–H and O–H groups in total. The van der Waals surface area contributed by atoms with Crippen LogP contribution in [0.5, 0.6) is 5.75 Å². The number of carbonyl (C=O) groups is 1. The van der Waals surface area contributed by atoms with E-state index >= 15 is 0 Å². The van der Waals surface area contributed by atoms with Crippen LogP contribution in [0.3, 0.4) is 0 Å². The Labute approximate surface area is 205 Å². The van der Waals surface area contributed by atoms with Gasteiger partial charge < -0.3 is 15.0 Å². The molecule has 1 aromatic heterocycles. The van der Waals surface area contributed by atoms with E-state index in [-0.39, 0.29) is 11.3 Å². The molecule has 0 aliphatic heterocycles. The van der Waals surface area contributed by atoms with Crippen LogP contribution in [0.4, 0.5) is 5.69 Å². The zero-order valence-corrected chi connectivity index (χ0v) is 20.9. The maximum absolute atomic E-state index is 12.6. The highest BCUT2D eigenvalue weighted by Gasteiger charge is 2.17. The summed E-state index contributed by atoms with van der Waals surface area (Å²) in [6.45, 7) is 2.87. The fraction of sp³-hybridized carbons (Fsp3) is 0.0909. The summed E-state index contributed by atoms with van der Waals surface area (Å²) in [4.78, 5) is 18.2. The number of phenolic OH excluding ortho intramolecular Hbond substituents is 1. The second-order valence-corrected chi connectivity index (χ2v) is 9.80. The third-order valence-electron chi connectivity index (χ3n) is 4.60. The summed E-state index contributed by atoms with van der Waals surface area (Å²) < 4.78 is 3.24. The van der Waals surface area contributed by atoms with Crippen LogP contribution in [0.2, 0.25) is 5.02 Å². The normalized spacial score (nSPS) is 11.1. The Hall–Kier alpha value is -2.00. The molecule has 4 rings (SSSR count). The van der Waals surface area contributed by atoms with Gasteiger partial charge in [-0.3, -0.25) is 4.79 Å². The number of imidazole rings is 1. The average molecular weight is 582 g/mol. The SMILES string of the molecule is CCn1c(Sc2ccc(NC(=O)c3cc(Br)cc(Br)c3O)cc2Cl)nc2ccccc21. The summed E-state index contributed by atoms with van der Waals surface area (Å²) in [5.74, 6) is -0.568. The lowest BCUT2D eigenvalue weighted by molar-refractivity contribution is 0.102. The minimum Gasteiger partial charge on any atom is -0.506 e. The van der Waals surface area contributed by atoms with Crippen molar-refractivity contribution < 1.29 is 9.90 Å². The van der Waals surface area contributed by atoms with E-state index in [0.29, 0.717) is 19.7 Å². The Bertz CT molecular complexity index is 1310. The second kappa shape index (κ2) is 9.24. The van der Waals surface area contributed by atoms with Gasteiger partial charge >= 0.3 is 0 Å². The van der Waals surface area contributed by atoms with Crippen LogP contribution >= 0.6 is 55.2 Å². The number of phenols is 1. The molecule has 0 aliphatic carbocycles. The number of aromatic hydroxyl groups is 1. The summed E-state index contributed by atoms with van der Waals surface area (Å²) in [6.07, 6.45) is 0. The second-order valence-electron chi connectivity index (χ2n) is 6.61. The topological polar surface area (TPSA) is 67.2 Å². The first-order chi connectivity index (χ1) is 14.9. The monoisotopic (exact) mass is 579 g/mol. The van der Waals surface area contributed by atoms with Crippen LogP contribution in [0.1, 0.15) is 17.3 Å². The number of hydrogen-bond acceptors (Lipinski definition) is 4. The van der Waals surface area contributed by atoms with Gasteiger partial charge in [0.1, 0.15) is 5.75 Å². The summed E-state index contributed by atoms with van der Waals surface area (Å²) in [5, 5.41) is 14.3. The van der Waals surface area contributed by atoms with E-state index in [2.05, 4.69) is 48.7 Å². The van der Waals surface area contributed by atoms with E-state index in [1.165, 1.54) is 11.8 Å². The summed E-state index contributed by atoms with van der Waals surface area (Å²) >= 11 is 14.5. The average Bonchev–Trinajstić information content (AvgIpc) is 3.09. The minimum absolute atomic E-state index is 0.127. The van der Waals surface area contributed by atoms with Gasteiger partial charge in [0.2, 0.25) is 0 Å². The van der Waals surface area contributed by atoms with E-state index < -0.39 is 5.91 Å². The van der Waals surface area contributed by atoms with Gasteiger partial charge in [0.05, 0.1) is 26.1 Å². The van der Waals surface area contributed by atoms with Crippen LogP contribution in [0, 0.1) is 0 Å². The van der Waals surface area contributed by atoms with Crippen LogP contribution in [0.15, 0.2) is 73.6 Å². The molecule has 0 saturated carbocycles. The molecule has 0 fully saturated rings. The quantitative estimate of drug-likeness (QED) is 0.259. The molecule has 1 amide bonds. The molecular formula is C22H16Br2ClN3O2S. The highest BCUT2D eigenvalue weighted by Crippen LogP contribution is 2.37. The third-order valence-corrected chi connectivity index (χ3v) is 7.16. The number of hydrogen-bond donors (Lipinski definition) is 2. The molecule has 0 spiro atoms. The minimum atomic E-state index is -0.441. The largest absolute Gasteiger partial charge is 0.506 e. The Kier molecular flexibility index (Phi) is 6.62. The van der Waals surface area contributed by atoms with Gasteiger partial charge in [0, 0.05) is 21.6 Å². The van der Waals surface area contributed by atoms with E-state index in [4.69, 9.17) is 16.6 Å². The maximum Gasteiger partial charge on any atom is 0.259 e. The van der Waals surface area contributed by atoms with E-state index in [1.807, 2.05) is 30.3 Å². The number of anilines is 1. The molecule has 9 heteroatoms. The first-order valence-corrected chi connectivity index (χ1v) is 12.1. The molecule has 3 aromatic carbocycles. The molecule has 0 bridgehead atoms. The van der Waals surface area contributed by atoms with Crippen molar-refractivity contribution in [1.29, 1.82) is 0 Å². The fourth-order valence-corrected chi connectivity index (χ4v) is 5.63. The highest BCUT2D eigenvalue weighted by atomic mass is 79.9. The smallest absolute Gasteiger partial charge is 0.259 e. The molecule has 5 nitrogen and oxygen atoms in total. The van der Waals surface area contributed by atoms with Gasteiger partial charge in [-0.25, -0.2) is 4.98 Å². The molecule has 0 saturated heterocycles. The zero-order valence-electron chi connectivity index (χ0n) is 16.2. The van der Waals surface area contributed by atoms with Crippen LogP contribution in [-0.2, 0) is 6.54 Å². The Morgan fingerprint density at radius 3 is 2.71 bits per heavy atom. The molecule has 158 valence electrons. The number of para-hydroxylation sites is 2. The number of rotatable bonds is 5. The predicted octanol–water partition coefficient (Wildman–Crippen LogP) is 7.34. The number of carbonyl (C=O) groups excluding carboxylic acids is 1. The Balaban J connectivity index is 1.57. The van der Waals surface area contributed by atoms with Crippen molar-refractivity contribution in [3.05, 3.63) is 74.1 Å². The van der Waals surface area contributed by atoms with Crippen molar-refractivity contribution in [3.63, 3.8) is 0 Å². The van der Waals surface area contributed by atoms with Crippen molar-refractivity contribution in [2.24, 2.45) is 0 Å². The van der Waals surface area contributed by atoms with Crippen molar-refractivity contribution >= 4 is 77.9 Å². The van der Waals surface area contributed by atoms with Gasteiger partial charge in [0.15, 0.2) is 5.16 Å². The molecule has 4 aromatic rings. The number of aryl methyl sites for hydroxylation is 1. The fourth-order valence-electron chi connectivity index (χ4n) is 3.13. The number of amides is 1. The number of aromatic nitrogens is 2. The Morgan fingerprint density at radius 1 is 1.19 bits per heavy atom. The molecule has 0 aliphatic rings. The number of nitrogens with one attached hydrogen (secondary N) is 1. The zero-order chi connectivity index (χ0) is 22.1. The highest BCUT2D eigenvalue weighted by molar-refractivity contribution is 9.11. The van der Waals surface area contributed by atoms with Gasteiger partial charge in [-0.1, -0.05) is 51.4 Å². The molecule has 1 heterocycles. The van der Waals surface area contributed by atoms with E-state index in [1.54, 1.807) is 24.3 Å². The van der Waals surface area contributed by atoms with Gasteiger partial charge in [0.25, 0.3) is 5.91 Å². The summed E-state index contributed by atoms with van der Waals surface area (Å²) in [7, 11) is 0. The predicted molar refractivity (Wildman–Crippen MR) is 132 cm³/mol. The lowest BCUT2D eigenvalue weighted by atomic mass is 10.2. The van der Waals surface area contributed by atoms with Crippen molar-refractivity contribution in [3.8, 4) is 5.75 Å². The molecule has 31 heavy (non-hydrogen) atoms. The molecule has 0 atom stereocenters. The molecule has 0 radical (unpaired) electrons. The van der Waals surface area contributed by atoms with E-state index in [9.17, 15) is 9.90 Å². The third kappa shape index (κ3) is 4.62. The van der Waals surface area contributed by atoms with Crippen LogP contribution in [0.25, 0.3) is 11.0 Å². The number of halogens is 3. The first-order valence-electron chi connectivity index (χ1n) is 9.29. The number of nitrogens with zero attached hydrogens (tertiary/aromatic N) is 2. The number of fused-ring (bicyclic) bond motifs is 1. The van der Waals surface area contributed by atoms with Crippen molar-refractivity contribution in [2.45, 2.75) is 23.5 Å². The molecular weight excluding hydrogens is 566 g/mol. The molecule has 0 unspecified atom stereocenters. The Morgan fingerprint density at radius 2 is 1.97 bits per heavy atom. The van der Waals surface area contributed by atoms with Crippen molar-refractivity contribution in [1.82, 2.24) is 9.55 Å². The lowest BCUT2D eigenvalue weighted by Gasteiger charge is -2.11. The first kappa shape index (κ1) is 22.2. The van der Waals surface area contributed by atoms with E-state index in [0.717, 1.165) is 27.6 Å².